The fraction of sp³-hybridized carbons (Fsp3) is 0.611. The quantitative estimate of drug-likeness (QED) is 0.829. The summed E-state index contributed by atoms with van der Waals surface area (Å²) in [6, 6.07) is 10.5. The fourth-order valence-electron chi connectivity index (χ4n) is 3.96. The first-order valence-electron chi connectivity index (χ1n) is 8.24. The van der Waals surface area contributed by atoms with E-state index in [-0.39, 0.29) is 0 Å². The van der Waals surface area contributed by atoms with Crippen LogP contribution in [-0.2, 0) is 0 Å². The minimum absolute atomic E-state index is 0.631. The first-order valence-corrected chi connectivity index (χ1v) is 8.24. The molecule has 1 saturated heterocycles. The molecule has 1 saturated carbocycles. The van der Waals surface area contributed by atoms with Crippen LogP contribution in [0.2, 0.25) is 0 Å². The van der Waals surface area contributed by atoms with Gasteiger partial charge in [0, 0.05) is 12.6 Å². The van der Waals surface area contributed by atoms with Gasteiger partial charge in [-0.05, 0) is 50.3 Å². The van der Waals surface area contributed by atoms with Crippen LogP contribution in [0.25, 0.3) is 0 Å². The minimum atomic E-state index is 0.631. The molecule has 1 aromatic carbocycles. The lowest BCUT2D eigenvalue weighted by atomic mass is 9.96. The predicted molar refractivity (Wildman–Crippen MR) is 83.2 cm³/mol. The highest BCUT2D eigenvalue weighted by Crippen LogP contribution is 2.35. The Morgan fingerprint density at radius 3 is 2.76 bits per heavy atom. The Kier molecular flexibility index (Phi) is 4.77. The van der Waals surface area contributed by atoms with Crippen LogP contribution in [0, 0.1) is 17.2 Å². The van der Waals surface area contributed by atoms with Gasteiger partial charge in [-0.2, -0.15) is 5.26 Å². The second-order valence-corrected chi connectivity index (χ2v) is 6.25. The molecule has 0 N–H and O–H groups in total. The van der Waals surface area contributed by atoms with Crippen molar-refractivity contribution >= 4 is 0 Å². The number of para-hydroxylation sites is 1. The smallest absolute Gasteiger partial charge is 0.137 e. The van der Waals surface area contributed by atoms with E-state index in [0.717, 1.165) is 24.3 Å². The third-order valence-electron chi connectivity index (χ3n) is 5.00. The summed E-state index contributed by atoms with van der Waals surface area (Å²) in [5.41, 5.74) is 0.631. The number of nitrogens with zero attached hydrogens (tertiary/aromatic N) is 2. The number of hydrogen-bond donors (Lipinski definition) is 0. The Morgan fingerprint density at radius 1 is 1.14 bits per heavy atom. The van der Waals surface area contributed by atoms with Crippen molar-refractivity contribution in [2.45, 2.75) is 44.6 Å². The van der Waals surface area contributed by atoms with Gasteiger partial charge in [0.25, 0.3) is 0 Å². The third-order valence-corrected chi connectivity index (χ3v) is 5.00. The lowest BCUT2D eigenvalue weighted by molar-refractivity contribution is 0.158. The molecule has 3 nitrogen and oxygen atoms in total. The first kappa shape index (κ1) is 14.4. The molecule has 1 heterocycles. The number of benzene rings is 1. The lowest BCUT2D eigenvalue weighted by Crippen LogP contribution is -2.37. The van der Waals surface area contributed by atoms with E-state index in [1.54, 1.807) is 0 Å². The number of nitriles is 1. The molecule has 0 radical (unpaired) electrons. The van der Waals surface area contributed by atoms with E-state index in [0.29, 0.717) is 12.2 Å². The van der Waals surface area contributed by atoms with Crippen LogP contribution >= 0.6 is 0 Å². The van der Waals surface area contributed by atoms with Gasteiger partial charge in [0.05, 0.1) is 5.56 Å². The van der Waals surface area contributed by atoms with E-state index in [4.69, 9.17) is 10.00 Å². The molecule has 0 aromatic heterocycles. The van der Waals surface area contributed by atoms with Crippen molar-refractivity contribution in [2.75, 3.05) is 19.7 Å². The molecule has 1 unspecified atom stereocenters. The van der Waals surface area contributed by atoms with E-state index >= 15 is 0 Å². The Bertz CT molecular complexity index is 502. The summed E-state index contributed by atoms with van der Waals surface area (Å²) >= 11 is 0. The topological polar surface area (TPSA) is 36.3 Å². The maximum absolute atomic E-state index is 9.07. The van der Waals surface area contributed by atoms with Gasteiger partial charge in [-0.25, -0.2) is 0 Å². The summed E-state index contributed by atoms with van der Waals surface area (Å²) in [4.78, 5) is 2.62. The average Bonchev–Trinajstić information content (AvgIpc) is 3.18. The summed E-state index contributed by atoms with van der Waals surface area (Å²) in [5.74, 6) is 1.63. The molecule has 1 aromatic rings. The Balaban J connectivity index is 1.51. The summed E-state index contributed by atoms with van der Waals surface area (Å²) in [5, 5.41) is 9.07. The molecule has 3 heteroatoms. The summed E-state index contributed by atoms with van der Waals surface area (Å²) < 4.78 is 5.84. The van der Waals surface area contributed by atoms with Gasteiger partial charge in [0.2, 0.25) is 0 Å². The van der Waals surface area contributed by atoms with Crippen LogP contribution < -0.4 is 4.74 Å². The second kappa shape index (κ2) is 6.95. The van der Waals surface area contributed by atoms with Gasteiger partial charge in [-0.15, -0.1) is 0 Å². The van der Waals surface area contributed by atoms with E-state index in [1.807, 2.05) is 24.3 Å². The molecule has 3 rings (SSSR count). The van der Waals surface area contributed by atoms with Gasteiger partial charge in [0.1, 0.15) is 18.4 Å². The van der Waals surface area contributed by atoms with Crippen LogP contribution in [0.4, 0.5) is 0 Å². The summed E-state index contributed by atoms with van der Waals surface area (Å²) in [6.45, 7) is 2.88. The molecule has 0 amide bonds. The maximum atomic E-state index is 9.07. The molecule has 0 spiro atoms. The summed E-state index contributed by atoms with van der Waals surface area (Å²) in [7, 11) is 0. The van der Waals surface area contributed by atoms with Crippen LogP contribution in [-0.4, -0.2) is 30.6 Å². The van der Waals surface area contributed by atoms with Crippen LogP contribution in [0.3, 0.4) is 0 Å². The highest BCUT2D eigenvalue weighted by Gasteiger charge is 2.32. The van der Waals surface area contributed by atoms with Gasteiger partial charge >= 0.3 is 0 Å². The normalized spacial score (nSPS) is 23.3. The molecule has 2 fully saturated rings. The second-order valence-electron chi connectivity index (χ2n) is 6.25. The van der Waals surface area contributed by atoms with Crippen molar-refractivity contribution < 1.29 is 4.74 Å². The van der Waals surface area contributed by atoms with Crippen LogP contribution in [0.1, 0.15) is 44.1 Å². The van der Waals surface area contributed by atoms with E-state index in [9.17, 15) is 0 Å². The number of ether oxygens (including phenoxy) is 1. The molecular weight excluding hydrogens is 260 g/mol. The van der Waals surface area contributed by atoms with Crippen molar-refractivity contribution in [3.8, 4) is 11.8 Å². The third kappa shape index (κ3) is 3.39. The van der Waals surface area contributed by atoms with Crippen molar-refractivity contribution in [1.29, 1.82) is 5.26 Å². The molecule has 1 aliphatic heterocycles. The predicted octanol–water partition coefficient (Wildman–Crippen LogP) is 3.59. The van der Waals surface area contributed by atoms with Crippen LogP contribution in [0.5, 0.6) is 5.75 Å². The van der Waals surface area contributed by atoms with Crippen LogP contribution in [0.15, 0.2) is 24.3 Å². The number of hydrogen-bond acceptors (Lipinski definition) is 3. The Labute approximate surface area is 127 Å². The average molecular weight is 284 g/mol. The van der Waals surface area contributed by atoms with Gasteiger partial charge in [0.15, 0.2) is 0 Å². The monoisotopic (exact) mass is 284 g/mol. The van der Waals surface area contributed by atoms with Crippen molar-refractivity contribution in [2.24, 2.45) is 5.92 Å². The minimum Gasteiger partial charge on any atom is -0.491 e. The van der Waals surface area contributed by atoms with Gasteiger partial charge < -0.3 is 4.74 Å². The van der Waals surface area contributed by atoms with E-state index < -0.39 is 0 Å². The maximum Gasteiger partial charge on any atom is 0.137 e. The van der Waals surface area contributed by atoms with Gasteiger partial charge in [-0.3, -0.25) is 4.90 Å². The first-order chi connectivity index (χ1) is 10.4. The molecule has 0 bridgehead atoms. The largest absolute Gasteiger partial charge is 0.491 e. The number of likely N-dealkylation sites (tertiary alicyclic amines) is 1. The zero-order chi connectivity index (χ0) is 14.5. The molecule has 1 atom stereocenters. The lowest BCUT2D eigenvalue weighted by Gasteiger charge is -2.29. The van der Waals surface area contributed by atoms with E-state index in [1.165, 1.54) is 45.1 Å². The molecule has 21 heavy (non-hydrogen) atoms. The Hall–Kier alpha value is -1.53. The van der Waals surface area contributed by atoms with Gasteiger partial charge in [-0.1, -0.05) is 25.0 Å². The zero-order valence-electron chi connectivity index (χ0n) is 12.6. The standard InChI is InChI=1S/C18H24N2O/c19-14-16-8-3-4-10-18(16)21-13-12-20-11-5-9-17(20)15-6-1-2-7-15/h3-4,8,10,15,17H,1-2,5-7,9,11-13H2. The SMILES string of the molecule is N#Cc1ccccc1OCCN1CCCC1C1CCCC1. The highest BCUT2D eigenvalue weighted by molar-refractivity contribution is 5.42. The fourth-order valence-corrected chi connectivity index (χ4v) is 3.96. The molecule has 2 aliphatic rings. The molecular formula is C18H24N2O. The summed E-state index contributed by atoms with van der Waals surface area (Å²) in [6.07, 6.45) is 8.36. The molecule has 1 aliphatic carbocycles. The van der Waals surface area contributed by atoms with E-state index in [2.05, 4.69) is 11.0 Å². The van der Waals surface area contributed by atoms with Crippen molar-refractivity contribution in [3.05, 3.63) is 29.8 Å². The van der Waals surface area contributed by atoms with Crippen molar-refractivity contribution in [3.63, 3.8) is 0 Å². The van der Waals surface area contributed by atoms with Crippen molar-refractivity contribution in [1.82, 2.24) is 4.90 Å². The zero-order valence-corrected chi connectivity index (χ0v) is 12.6. The Morgan fingerprint density at radius 2 is 1.95 bits per heavy atom. The highest BCUT2D eigenvalue weighted by atomic mass is 16.5. The molecule has 112 valence electrons. The number of rotatable bonds is 5.